The normalized spacial score (nSPS) is 11.5. The van der Waals surface area contributed by atoms with E-state index in [4.69, 9.17) is 0 Å². The number of carbonyl (C=O) groups is 1. The van der Waals surface area contributed by atoms with Gasteiger partial charge in [-0.2, -0.15) is 0 Å². The number of carbonyl (C=O) groups excluding carboxylic acids is 1. The van der Waals surface area contributed by atoms with Crippen LogP contribution in [0.25, 0.3) is 17.0 Å². The van der Waals surface area contributed by atoms with E-state index in [1.54, 1.807) is 13.1 Å². The molecule has 2 aromatic carbocycles. The van der Waals surface area contributed by atoms with Crippen molar-refractivity contribution in [2.45, 2.75) is 13.0 Å². The van der Waals surface area contributed by atoms with Gasteiger partial charge in [-0.15, -0.1) is 0 Å². The lowest BCUT2D eigenvalue weighted by Gasteiger charge is -2.16. The number of rotatable bonds is 7. The number of fused-ring (bicyclic) bond motifs is 1. The first kappa shape index (κ1) is 18.0. The van der Waals surface area contributed by atoms with Crippen molar-refractivity contribution in [2.75, 3.05) is 20.6 Å². The van der Waals surface area contributed by atoms with E-state index >= 15 is 0 Å². The second-order valence-electron chi connectivity index (χ2n) is 6.54. The lowest BCUT2D eigenvalue weighted by Crippen LogP contribution is -2.20. The highest BCUT2D eigenvalue weighted by molar-refractivity contribution is 5.91. The van der Waals surface area contributed by atoms with Gasteiger partial charge in [0.2, 0.25) is 5.91 Å². The molecule has 0 aliphatic heterocycles. The maximum absolute atomic E-state index is 11.2. The summed E-state index contributed by atoms with van der Waals surface area (Å²) in [6.07, 6.45) is 6.51. The third kappa shape index (κ3) is 4.61. The number of nitrogens with one attached hydrogen (secondary N) is 2. The molecule has 0 aliphatic rings. The molecule has 0 spiro atoms. The largest absolute Gasteiger partial charge is 0.361 e. The van der Waals surface area contributed by atoms with E-state index in [9.17, 15) is 4.79 Å². The molecule has 4 nitrogen and oxygen atoms in total. The number of benzene rings is 2. The first-order valence-electron chi connectivity index (χ1n) is 8.88. The summed E-state index contributed by atoms with van der Waals surface area (Å²) >= 11 is 0. The topological polar surface area (TPSA) is 48.1 Å². The molecule has 3 aromatic rings. The van der Waals surface area contributed by atoms with Crippen LogP contribution >= 0.6 is 0 Å². The van der Waals surface area contributed by atoms with Gasteiger partial charge in [0.1, 0.15) is 0 Å². The molecule has 0 atom stereocenters. The van der Waals surface area contributed by atoms with Crippen LogP contribution in [0.5, 0.6) is 0 Å². The Balaban J connectivity index is 1.54. The van der Waals surface area contributed by atoms with Gasteiger partial charge >= 0.3 is 0 Å². The van der Waals surface area contributed by atoms with Gasteiger partial charge in [-0.25, -0.2) is 0 Å². The number of H-pyrrole nitrogens is 1. The molecule has 26 heavy (non-hydrogen) atoms. The number of nitrogens with zero attached hydrogens (tertiary/aromatic N) is 1. The van der Waals surface area contributed by atoms with E-state index in [0.717, 1.165) is 25.1 Å². The smallest absolute Gasteiger partial charge is 0.243 e. The van der Waals surface area contributed by atoms with Crippen LogP contribution in [0.1, 0.15) is 16.7 Å². The Morgan fingerprint density at radius 2 is 1.92 bits per heavy atom. The van der Waals surface area contributed by atoms with E-state index in [0.29, 0.717) is 0 Å². The fourth-order valence-corrected chi connectivity index (χ4v) is 3.03. The third-order valence-corrected chi connectivity index (χ3v) is 4.54. The number of amides is 1. The molecule has 2 N–H and O–H groups in total. The van der Waals surface area contributed by atoms with Gasteiger partial charge < -0.3 is 15.2 Å². The van der Waals surface area contributed by atoms with Gasteiger partial charge in [-0.3, -0.25) is 4.79 Å². The molecule has 0 unspecified atom stereocenters. The van der Waals surface area contributed by atoms with Crippen LogP contribution < -0.4 is 5.32 Å². The maximum atomic E-state index is 11.2. The van der Waals surface area contributed by atoms with E-state index < -0.39 is 0 Å². The van der Waals surface area contributed by atoms with Crippen LogP contribution in [0, 0.1) is 0 Å². The Bertz CT molecular complexity index is 893. The van der Waals surface area contributed by atoms with Crippen LogP contribution in [0.15, 0.2) is 60.8 Å². The highest BCUT2D eigenvalue weighted by Crippen LogP contribution is 2.18. The van der Waals surface area contributed by atoms with Crippen molar-refractivity contribution >= 4 is 22.9 Å². The van der Waals surface area contributed by atoms with Crippen LogP contribution in [0.4, 0.5) is 0 Å². The Morgan fingerprint density at radius 3 is 2.69 bits per heavy atom. The summed E-state index contributed by atoms with van der Waals surface area (Å²) in [6, 6.07) is 16.8. The van der Waals surface area contributed by atoms with Crippen molar-refractivity contribution in [3.63, 3.8) is 0 Å². The summed E-state index contributed by atoms with van der Waals surface area (Å²) in [5.74, 6) is -0.0916. The van der Waals surface area contributed by atoms with Gasteiger partial charge in [-0.05, 0) is 42.3 Å². The monoisotopic (exact) mass is 347 g/mol. The van der Waals surface area contributed by atoms with Crippen molar-refractivity contribution in [3.05, 3.63) is 77.5 Å². The zero-order chi connectivity index (χ0) is 18.4. The van der Waals surface area contributed by atoms with Crippen molar-refractivity contribution < 1.29 is 4.79 Å². The third-order valence-electron chi connectivity index (χ3n) is 4.54. The second-order valence-corrected chi connectivity index (χ2v) is 6.54. The molecule has 1 amide bonds. The van der Waals surface area contributed by atoms with Gasteiger partial charge in [0.05, 0.1) is 0 Å². The Labute approximate surface area is 154 Å². The Morgan fingerprint density at radius 1 is 1.15 bits per heavy atom. The summed E-state index contributed by atoms with van der Waals surface area (Å²) in [7, 11) is 3.77. The standard InChI is InChI=1S/C22H25N3O/c1-23-22(26)12-11-17-7-9-18(10-8-17)16-25(2)14-13-19-15-24-21-6-4-3-5-20(19)21/h3-12,15,24H,13-14,16H2,1-2H3,(H,23,26)/b12-11+. The lowest BCUT2D eigenvalue weighted by molar-refractivity contribution is -0.115. The summed E-state index contributed by atoms with van der Waals surface area (Å²) in [4.78, 5) is 16.9. The summed E-state index contributed by atoms with van der Waals surface area (Å²) in [5.41, 5.74) is 4.86. The highest BCUT2D eigenvalue weighted by atomic mass is 16.1. The van der Waals surface area contributed by atoms with Gasteiger partial charge in [0, 0.05) is 43.3 Å². The van der Waals surface area contributed by atoms with E-state index in [-0.39, 0.29) is 5.91 Å². The highest BCUT2D eigenvalue weighted by Gasteiger charge is 2.05. The van der Waals surface area contributed by atoms with Gasteiger partial charge in [0.15, 0.2) is 0 Å². The first-order valence-corrected chi connectivity index (χ1v) is 8.88. The zero-order valence-corrected chi connectivity index (χ0v) is 15.3. The molecule has 1 heterocycles. The van der Waals surface area contributed by atoms with Crippen molar-refractivity contribution in [3.8, 4) is 0 Å². The maximum Gasteiger partial charge on any atom is 0.243 e. The minimum Gasteiger partial charge on any atom is -0.361 e. The van der Waals surface area contributed by atoms with Gasteiger partial charge in [-0.1, -0.05) is 42.5 Å². The minimum absolute atomic E-state index is 0.0916. The average molecular weight is 347 g/mol. The number of aromatic amines is 1. The number of hydrogen-bond acceptors (Lipinski definition) is 2. The average Bonchev–Trinajstić information content (AvgIpc) is 3.09. The van der Waals surface area contributed by atoms with Gasteiger partial charge in [0.25, 0.3) is 0 Å². The fourth-order valence-electron chi connectivity index (χ4n) is 3.03. The molecule has 0 bridgehead atoms. The molecular formula is C22H25N3O. The predicted octanol–water partition coefficient (Wildman–Crippen LogP) is 3.60. The van der Waals surface area contributed by atoms with Crippen molar-refractivity contribution in [1.82, 2.24) is 15.2 Å². The molecule has 0 radical (unpaired) electrons. The predicted molar refractivity (Wildman–Crippen MR) is 108 cm³/mol. The van der Waals surface area contributed by atoms with Crippen LogP contribution in [-0.2, 0) is 17.8 Å². The number of hydrogen-bond donors (Lipinski definition) is 2. The summed E-state index contributed by atoms with van der Waals surface area (Å²) in [6.45, 7) is 1.90. The zero-order valence-electron chi connectivity index (χ0n) is 15.3. The fraction of sp³-hybridized carbons (Fsp3) is 0.227. The Kier molecular flexibility index (Phi) is 5.87. The summed E-state index contributed by atoms with van der Waals surface area (Å²) < 4.78 is 0. The van der Waals surface area contributed by atoms with E-state index in [1.807, 2.05) is 18.2 Å². The van der Waals surface area contributed by atoms with E-state index in [2.05, 4.69) is 64.8 Å². The molecule has 3 rings (SSSR count). The molecule has 0 aliphatic carbocycles. The molecule has 4 heteroatoms. The second kappa shape index (κ2) is 8.50. The van der Waals surface area contributed by atoms with E-state index in [1.165, 1.54) is 22.0 Å². The Hall–Kier alpha value is -2.85. The number of aromatic nitrogens is 1. The summed E-state index contributed by atoms with van der Waals surface area (Å²) in [5, 5.41) is 3.89. The number of likely N-dealkylation sites (N-methyl/N-ethyl adjacent to an activating group) is 2. The van der Waals surface area contributed by atoms with Crippen LogP contribution in [-0.4, -0.2) is 36.4 Å². The molecule has 0 saturated carbocycles. The SMILES string of the molecule is CNC(=O)/C=C/c1ccc(CN(C)CCc2c[nH]c3ccccc23)cc1. The number of para-hydroxylation sites is 1. The quantitative estimate of drug-likeness (QED) is 0.642. The molecule has 134 valence electrons. The molecule has 0 fully saturated rings. The van der Waals surface area contributed by atoms with Crippen molar-refractivity contribution in [1.29, 1.82) is 0 Å². The van der Waals surface area contributed by atoms with Crippen molar-refractivity contribution in [2.24, 2.45) is 0 Å². The van der Waals surface area contributed by atoms with Crippen LogP contribution in [0.3, 0.4) is 0 Å². The van der Waals surface area contributed by atoms with Crippen LogP contribution in [0.2, 0.25) is 0 Å². The lowest BCUT2D eigenvalue weighted by atomic mass is 10.1. The molecular weight excluding hydrogens is 322 g/mol. The molecule has 1 aromatic heterocycles. The minimum atomic E-state index is -0.0916. The first-order chi connectivity index (χ1) is 12.7. The molecule has 0 saturated heterocycles.